The van der Waals surface area contributed by atoms with Crippen molar-refractivity contribution < 1.29 is 13.9 Å². The molecule has 10 heteroatoms. The van der Waals surface area contributed by atoms with Gasteiger partial charge in [-0.3, -0.25) is 0 Å². The number of rotatable bonds is 7. The zero-order valence-electron chi connectivity index (χ0n) is 22.4. The summed E-state index contributed by atoms with van der Waals surface area (Å²) in [4.78, 5) is 22.3. The van der Waals surface area contributed by atoms with Crippen LogP contribution in [0, 0.1) is 0 Å². The summed E-state index contributed by atoms with van der Waals surface area (Å²) in [5, 5.41) is 11.7. The summed E-state index contributed by atoms with van der Waals surface area (Å²) in [6, 6.07) is 15.3. The third-order valence-electron chi connectivity index (χ3n) is 5.32. The minimum atomic E-state index is -0.579. The number of alkyl carbamates (subject to hydrolysis) is 1. The molecule has 3 N–H and O–H groups in total. The van der Waals surface area contributed by atoms with Gasteiger partial charge >= 0.3 is 6.09 Å². The fourth-order valence-corrected chi connectivity index (χ4v) is 4.45. The number of nitrogens with zero attached hydrogens (tertiary/aromatic N) is 4. The van der Waals surface area contributed by atoms with Gasteiger partial charge in [-0.2, -0.15) is 0 Å². The van der Waals surface area contributed by atoms with Gasteiger partial charge in [0.15, 0.2) is 11.5 Å². The number of thioether (sulfide) groups is 1. The number of benzene rings is 2. The second-order valence-electron chi connectivity index (χ2n) is 10.1. The fourth-order valence-electron chi connectivity index (χ4n) is 3.62. The quantitative estimate of drug-likeness (QED) is 0.255. The van der Waals surface area contributed by atoms with E-state index in [1.54, 1.807) is 18.0 Å². The van der Waals surface area contributed by atoms with Crippen LogP contribution in [0.15, 0.2) is 64.0 Å². The van der Waals surface area contributed by atoms with Crippen molar-refractivity contribution in [2.75, 3.05) is 5.73 Å². The molecule has 2 aromatic heterocycles. The molecule has 4 rings (SSSR count). The lowest BCUT2D eigenvalue weighted by atomic mass is 10.1. The fraction of sp³-hybridized carbons (Fsp3) is 0.321. The molecule has 2 aromatic carbocycles. The van der Waals surface area contributed by atoms with E-state index in [0.717, 1.165) is 11.1 Å². The largest absolute Gasteiger partial charge is 0.444 e. The smallest absolute Gasteiger partial charge is 0.408 e. The lowest BCUT2D eigenvalue weighted by Gasteiger charge is -2.22. The highest BCUT2D eigenvalue weighted by Gasteiger charge is 2.20. The summed E-state index contributed by atoms with van der Waals surface area (Å²) >= 11 is 1.80. The van der Waals surface area contributed by atoms with Gasteiger partial charge in [-0.05, 0) is 57.5 Å². The Morgan fingerprint density at radius 2 is 1.74 bits per heavy atom. The second kappa shape index (κ2) is 11.2. The molecular formula is C28H32N6O3S. The molecule has 0 fully saturated rings. The SMILES string of the molecule is CC(C)Sc1ccc(-c2cnc(N)c(-c3nnc(-c4cccc(C(C)NC(=O)OC(C)(C)C)c4)o3)n2)cc1. The lowest BCUT2D eigenvalue weighted by molar-refractivity contribution is 0.0508. The van der Waals surface area contributed by atoms with Gasteiger partial charge in [0.05, 0.1) is 17.9 Å². The highest BCUT2D eigenvalue weighted by molar-refractivity contribution is 7.99. The molecule has 2 heterocycles. The van der Waals surface area contributed by atoms with E-state index in [2.05, 4.69) is 51.5 Å². The predicted octanol–water partition coefficient (Wildman–Crippen LogP) is 6.53. The monoisotopic (exact) mass is 532 g/mol. The van der Waals surface area contributed by atoms with Crippen molar-refractivity contribution in [3.8, 4) is 34.3 Å². The number of nitrogens with one attached hydrogen (secondary N) is 1. The minimum Gasteiger partial charge on any atom is -0.444 e. The van der Waals surface area contributed by atoms with E-state index >= 15 is 0 Å². The molecule has 0 spiro atoms. The molecule has 0 aliphatic heterocycles. The lowest BCUT2D eigenvalue weighted by Crippen LogP contribution is -2.34. The van der Waals surface area contributed by atoms with Gasteiger partial charge in [0.2, 0.25) is 5.89 Å². The summed E-state index contributed by atoms with van der Waals surface area (Å²) < 4.78 is 11.3. The third kappa shape index (κ3) is 6.89. The molecule has 198 valence electrons. The van der Waals surface area contributed by atoms with Crippen LogP contribution in [0.4, 0.5) is 10.6 Å². The average molecular weight is 533 g/mol. The van der Waals surface area contributed by atoms with Crippen molar-refractivity contribution in [3.63, 3.8) is 0 Å². The van der Waals surface area contributed by atoms with Crippen LogP contribution >= 0.6 is 11.8 Å². The molecule has 38 heavy (non-hydrogen) atoms. The Hall–Kier alpha value is -3.92. The first-order valence-corrected chi connectivity index (χ1v) is 13.2. The Balaban J connectivity index is 1.55. The van der Waals surface area contributed by atoms with Gasteiger partial charge < -0.3 is 20.2 Å². The average Bonchev–Trinajstić information content (AvgIpc) is 3.33. The number of nitrogens with two attached hydrogens (primary N) is 1. The molecule has 1 unspecified atom stereocenters. The summed E-state index contributed by atoms with van der Waals surface area (Å²) in [6.07, 6.45) is 1.14. The third-order valence-corrected chi connectivity index (χ3v) is 6.33. The Morgan fingerprint density at radius 1 is 1.03 bits per heavy atom. The van der Waals surface area contributed by atoms with E-state index in [0.29, 0.717) is 28.1 Å². The zero-order valence-corrected chi connectivity index (χ0v) is 23.2. The maximum Gasteiger partial charge on any atom is 0.408 e. The van der Waals surface area contributed by atoms with Crippen LogP contribution in [-0.2, 0) is 4.74 Å². The normalized spacial score (nSPS) is 12.4. The van der Waals surface area contributed by atoms with E-state index in [-0.39, 0.29) is 17.8 Å². The van der Waals surface area contributed by atoms with Gasteiger partial charge in [-0.1, -0.05) is 38.1 Å². The molecule has 1 atom stereocenters. The molecular weight excluding hydrogens is 500 g/mol. The van der Waals surface area contributed by atoms with Gasteiger partial charge in [0, 0.05) is 21.3 Å². The molecule has 0 radical (unpaired) electrons. The van der Waals surface area contributed by atoms with Crippen LogP contribution in [0.2, 0.25) is 0 Å². The number of anilines is 1. The number of hydrogen-bond donors (Lipinski definition) is 2. The van der Waals surface area contributed by atoms with Crippen LogP contribution in [0.3, 0.4) is 0 Å². The van der Waals surface area contributed by atoms with Crippen molar-refractivity contribution in [2.24, 2.45) is 0 Å². The summed E-state index contributed by atoms with van der Waals surface area (Å²) in [5.74, 6) is 0.664. The molecule has 0 saturated carbocycles. The number of hydrogen-bond acceptors (Lipinski definition) is 9. The van der Waals surface area contributed by atoms with Crippen molar-refractivity contribution in [1.29, 1.82) is 0 Å². The molecule has 0 aliphatic carbocycles. The maximum absolute atomic E-state index is 12.2. The van der Waals surface area contributed by atoms with Crippen LogP contribution in [0.1, 0.15) is 53.1 Å². The van der Waals surface area contributed by atoms with E-state index < -0.39 is 11.7 Å². The van der Waals surface area contributed by atoms with E-state index in [1.165, 1.54) is 4.90 Å². The van der Waals surface area contributed by atoms with Gasteiger partial charge in [0.25, 0.3) is 5.89 Å². The van der Waals surface area contributed by atoms with E-state index in [9.17, 15) is 4.79 Å². The van der Waals surface area contributed by atoms with Gasteiger partial charge in [0.1, 0.15) is 5.60 Å². The van der Waals surface area contributed by atoms with E-state index in [1.807, 2.05) is 64.1 Å². The van der Waals surface area contributed by atoms with Crippen molar-refractivity contribution in [1.82, 2.24) is 25.5 Å². The first-order chi connectivity index (χ1) is 18.0. The van der Waals surface area contributed by atoms with Crippen LogP contribution in [0.5, 0.6) is 0 Å². The standard InChI is InChI=1S/C28H32N6O3S/c1-16(2)38-21-12-10-18(11-13-21)22-15-30-24(29)23(32-22)26-34-33-25(36-26)20-9-7-8-19(14-20)17(3)31-27(35)37-28(4,5)6/h7-17H,1-6H3,(H2,29,30)(H,31,35). The molecule has 0 bridgehead atoms. The predicted molar refractivity (Wildman–Crippen MR) is 149 cm³/mol. The Bertz CT molecular complexity index is 1410. The number of carbonyl (C=O) groups is 1. The van der Waals surface area contributed by atoms with Crippen molar-refractivity contribution >= 4 is 23.7 Å². The number of aromatic nitrogens is 4. The molecule has 4 aromatic rings. The molecule has 1 amide bonds. The summed E-state index contributed by atoms with van der Waals surface area (Å²) in [5.41, 5.74) is 8.97. The van der Waals surface area contributed by atoms with Crippen LogP contribution < -0.4 is 11.1 Å². The molecule has 9 nitrogen and oxygen atoms in total. The Morgan fingerprint density at radius 3 is 2.42 bits per heavy atom. The highest BCUT2D eigenvalue weighted by Crippen LogP contribution is 2.30. The molecule has 0 aliphatic rings. The Kier molecular flexibility index (Phi) is 8.01. The zero-order chi connectivity index (χ0) is 27.4. The van der Waals surface area contributed by atoms with Crippen LogP contribution in [-0.4, -0.2) is 37.1 Å². The van der Waals surface area contributed by atoms with Gasteiger partial charge in [-0.25, -0.2) is 14.8 Å². The first kappa shape index (κ1) is 27.1. The minimum absolute atomic E-state index is 0.171. The summed E-state index contributed by atoms with van der Waals surface area (Å²) in [7, 11) is 0. The highest BCUT2D eigenvalue weighted by atomic mass is 32.2. The molecule has 0 saturated heterocycles. The maximum atomic E-state index is 12.2. The van der Waals surface area contributed by atoms with Crippen molar-refractivity contribution in [2.45, 2.75) is 63.3 Å². The Labute approximate surface area is 226 Å². The van der Waals surface area contributed by atoms with Crippen molar-refractivity contribution in [3.05, 3.63) is 60.3 Å². The topological polar surface area (TPSA) is 129 Å². The second-order valence-corrected chi connectivity index (χ2v) is 11.7. The number of carbonyl (C=O) groups excluding carboxylic acids is 1. The van der Waals surface area contributed by atoms with Crippen LogP contribution in [0.25, 0.3) is 34.3 Å². The first-order valence-electron chi connectivity index (χ1n) is 12.3. The number of ether oxygens (including phenoxy) is 1. The summed E-state index contributed by atoms with van der Waals surface area (Å²) in [6.45, 7) is 11.7. The van der Waals surface area contributed by atoms with Gasteiger partial charge in [-0.15, -0.1) is 22.0 Å². The van der Waals surface area contributed by atoms with E-state index in [4.69, 9.17) is 14.9 Å². The number of amides is 1. The number of nitrogen functional groups attached to an aromatic ring is 1.